The van der Waals surface area contributed by atoms with E-state index < -0.39 is 66.6 Å². The lowest BCUT2D eigenvalue weighted by molar-refractivity contribution is -0.315. The molecule has 2 aliphatic carbocycles. The number of fused-ring (bicyclic) bond motifs is 2. The molecule has 196 valence electrons. The average Bonchev–Trinajstić information content (AvgIpc) is 3.05. The van der Waals surface area contributed by atoms with Crippen LogP contribution in [-0.4, -0.2) is 73.1 Å². The standard InChI is InChI=1S/C25H30O11/c1-13(26)31-12-20-22(32-14(2)27)23(33-15(3)28)24(34-16(4)29)25(36-20)35-19-11-7-9-17-8-5-6-10-18(19)21(17)30/h5-8,10-11,17-20,22-25H,9,12H2,1-4H3/t17-,18+,19-,20-,22-,23+,24-,25+/m1/s1. The molecule has 1 fully saturated rings. The smallest absolute Gasteiger partial charge is 0.303 e. The molecule has 3 aliphatic rings. The summed E-state index contributed by atoms with van der Waals surface area (Å²) in [5.41, 5.74) is 0. The summed E-state index contributed by atoms with van der Waals surface area (Å²) in [4.78, 5) is 60.3. The zero-order valence-corrected chi connectivity index (χ0v) is 20.5. The Morgan fingerprint density at radius 2 is 1.44 bits per heavy atom. The number of hydrogen-bond acceptors (Lipinski definition) is 11. The van der Waals surface area contributed by atoms with Crippen LogP contribution >= 0.6 is 0 Å². The Bertz CT molecular complexity index is 965. The van der Waals surface area contributed by atoms with Crippen molar-refractivity contribution in [2.45, 2.75) is 70.9 Å². The van der Waals surface area contributed by atoms with Crippen molar-refractivity contribution < 1.29 is 52.4 Å². The molecule has 11 nitrogen and oxygen atoms in total. The molecule has 0 radical (unpaired) electrons. The third kappa shape index (κ3) is 6.88. The molecule has 0 saturated carbocycles. The Hall–Kier alpha value is -3.31. The van der Waals surface area contributed by atoms with Crippen molar-refractivity contribution in [3.63, 3.8) is 0 Å². The zero-order valence-electron chi connectivity index (χ0n) is 20.5. The molecule has 1 aliphatic heterocycles. The van der Waals surface area contributed by atoms with Gasteiger partial charge in [0.15, 0.2) is 24.6 Å². The number of esters is 4. The number of rotatable bonds is 7. The molecule has 0 amide bonds. The van der Waals surface area contributed by atoms with Gasteiger partial charge in [0.1, 0.15) is 18.5 Å². The van der Waals surface area contributed by atoms with Crippen LogP contribution in [0.15, 0.2) is 36.5 Å². The van der Waals surface area contributed by atoms with Gasteiger partial charge in [-0.05, 0) is 6.42 Å². The highest BCUT2D eigenvalue weighted by Gasteiger charge is 2.53. The topological polar surface area (TPSA) is 141 Å². The first kappa shape index (κ1) is 27.3. The number of Topliss-reactive ketones (excluding diaryl/α,β-unsaturated/α-hetero) is 1. The second-order valence-electron chi connectivity index (χ2n) is 8.64. The van der Waals surface area contributed by atoms with Crippen LogP contribution in [0.3, 0.4) is 0 Å². The number of carbonyl (C=O) groups excluding carboxylic acids is 5. The van der Waals surface area contributed by atoms with Gasteiger partial charge in [0, 0.05) is 33.6 Å². The maximum atomic E-state index is 13.1. The fourth-order valence-electron chi connectivity index (χ4n) is 4.35. The van der Waals surface area contributed by atoms with Gasteiger partial charge in [-0.2, -0.15) is 0 Å². The van der Waals surface area contributed by atoms with Crippen LogP contribution in [0.2, 0.25) is 0 Å². The summed E-state index contributed by atoms with van der Waals surface area (Å²) in [6.45, 7) is 4.24. The van der Waals surface area contributed by atoms with E-state index in [9.17, 15) is 24.0 Å². The molecular weight excluding hydrogens is 476 g/mol. The fourth-order valence-corrected chi connectivity index (χ4v) is 4.35. The second kappa shape index (κ2) is 12.1. The fraction of sp³-hybridized carbons (Fsp3) is 0.560. The summed E-state index contributed by atoms with van der Waals surface area (Å²) in [6, 6.07) is 0. The summed E-state index contributed by atoms with van der Waals surface area (Å²) in [6.07, 6.45) is 3.82. The highest BCUT2D eigenvalue weighted by Crippen LogP contribution is 2.34. The Morgan fingerprint density at radius 1 is 0.833 bits per heavy atom. The first-order valence-electron chi connectivity index (χ1n) is 11.6. The Kier molecular flexibility index (Phi) is 9.16. The van der Waals surface area contributed by atoms with Crippen molar-refractivity contribution in [3.05, 3.63) is 36.5 Å². The molecule has 1 heterocycles. The zero-order chi connectivity index (χ0) is 26.4. The minimum atomic E-state index is -1.37. The summed E-state index contributed by atoms with van der Waals surface area (Å²) < 4.78 is 33.4. The van der Waals surface area contributed by atoms with Gasteiger partial charge in [-0.15, -0.1) is 0 Å². The first-order valence-corrected chi connectivity index (χ1v) is 11.6. The van der Waals surface area contributed by atoms with E-state index >= 15 is 0 Å². The quantitative estimate of drug-likeness (QED) is 0.281. The highest BCUT2D eigenvalue weighted by atomic mass is 16.7. The molecule has 3 rings (SSSR count). The molecule has 8 atom stereocenters. The van der Waals surface area contributed by atoms with Gasteiger partial charge >= 0.3 is 23.9 Å². The van der Waals surface area contributed by atoms with Crippen LogP contribution in [0.25, 0.3) is 0 Å². The van der Waals surface area contributed by atoms with E-state index in [0.29, 0.717) is 6.42 Å². The monoisotopic (exact) mass is 506 g/mol. The van der Waals surface area contributed by atoms with Gasteiger partial charge in [0.2, 0.25) is 0 Å². The van der Waals surface area contributed by atoms with E-state index in [1.807, 2.05) is 12.2 Å². The third-order valence-corrected chi connectivity index (χ3v) is 5.78. The van der Waals surface area contributed by atoms with Gasteiger partial charge in [-0.25, -0.2) is 0 Å². The largest absolute Gasteiger partial charge is 0.463 e. The van der Waals surface area contributed by atoms with E-state index in [-0.39, 0.29) is 18.3 Å². The van der Waals surface area contributed by atoms with Crippen LogP contribution in [0.5, 0.6) is 0 Å². The van der Waals surface area contributed by atoms with Crippen molar-refractivity contribution in [2.24, 2.45) is 11.8 Å². The van der Waals surface area contributed by atoms with Crippen molar-refractivity contribution in [1.29, 1.82) is 0 Å². The number of hydrogen-bond donors (Lipinski definition) is 0. The van der Waals surface area contributed by atoms with E-state index in [1.54, 1.807) is 24.3 Å². The molecule has 0 N–H and O–H groups in total. The lowest BCUT2D eigenvalue weighted by Gasteiger charge is -2.45. The number of ether oxygens (including phenoxy) is 6. The molecule has 2 bridgehead atoms. The average molecular weight is 507 g/mol. The third-order valence-electron chi connectivity index (χ3n) is 5.78. The number of allylic oxidation sites excluding steroid dienone is 4. The van der Waals surface area contributed by atoms with Gasteiger partial charge < -0.3 is 28.4 Å². The molecule has 0 aromatic heterocycles. The molecular formula is C25H30O11. The van der Waals surface area contributed by atoms with E-state index in [2.05, 4.69) is 0 Å². The van der Waals surface area contributed by atoms with E-state index in [4.69, 9.17) is 28.4 Å². The molecule has 0 unspecified atom stereocenters. The van der Waals surface area contributed by atoms with Crippen LogP contribution in [0, 0.1) is 11.8 Å². The summed E-state index contributed by atoms with van der Waals surface area (Å²) in [7, 11) is 0. The predicted octanol–water partition coefficient (Wildman–Crippen LogP) is 1.34. The Labute approximate surface area is 208 Å². The molecule has 36 heavy (non-hydrogen) atoms. The van der Waals surface area contributed by atoms with Crippen molar-refractivity contribution in [1.82, 2.24) is 0 Å². The maximum Gasteiger partial charge on any atom is 0.303 e. The minimum Gasteiger partial charge on any atom is -0.463 e. The van der Waals surface area contributed by atoms with Crippen LogP contribution in [-0.2, 0) is 52.4 Å². The first-order chi connectivity index (χ1) is 17.1. The number of ketones is 1. The Balaban J connectivity index is 1.97. The lowest BCUT2D eigenvalue weighted by atomic mass is 9.90. The van der Waals surface area contributed by atoms with Crippen LogP contribution < -0.4 is 0 Å². The summed E-state index contributed by atoms with van der Waals surface area (Å²) in [5, 5.41) is 0. The normalized spacial score (nSPS) is 33.2. The molecule has 0 aromatic rings. The van der Waals surface area contributed by atoms with Crippen molar-refractivity contribution in [2.75, 3.05) is 6.61 Å². The van der Waals surface area contributed by atoms with Gasteiger partial charge in [0.25, 0.3) is 0 Å². The lowest BCUT2D eigenvalue weighted by Crippen LogP contribution is -2.63. The van der Waals surface area contributed by atoms with Gasteiger partial charge in [0.05, 0.1) is 12.0 Å². The minimum absolute atomic E-state index is 0.0550. The van der Waals surface area contributed by atoms with E-state index in [0.717, 1.165) is 20.8 Å². The molecule has 11 heteroatoms. The van der Waals surface area contributed by atoms with Crippen molar-refractivity contribution >= 4 is 29.7 Å². The maximum absolute atomic E-state index is 13.1. The molecule has 0 aromatic carbocycles. The van der Waals surface area contributed by atoms with E-state index in [1.165, 1.54) is 6.92 Å². The van der Waals surface area contributed by atoms with Crippen LogP contribution in [0.4, 0.5) is 0 Å². The Morgan fingerprint density at radius 3 is 2.08 bits per heavy atom. The van der Waals surface area contributed by atoms with Gasteiger partial charge in [-0.3, -0.25) is 24.0 Å². The summed E-state index contributed by atoms with van der Waals surface area (Å²) >= 11 is 0. The van der Waals surface area contributed by atoms with Crippen molar-refractivity contribution in [3.8, 4) is 0 Å². The molecule has 0 spiro atoms. The number of carbonyl (C=O) groups is 5. The highest BCUT2D eigenvalue weighted by molar-refractivity contribution is 5.88. The van der Waals surface area contributed by atoms with Gasteiger partial charge in [-0.1, -0.05) is 36.5 Å². The van der Waals surface area contributed by atoms with Crippen LogP contribution in [0.1, 0.15) is 34.1 Å². The summed E-state index contributed by atoms with van der Waals surface area (Å²) in [5.74, 6) is -3.86. The predicted molar refractivity (Wildman–Crippen MR) is 121 cm³/mol. The second-order valence-corrected chi connectivity index (χ2v) is 8.64. The molecule has 1 saturated heterocycles. The SMILES string of the molecule is CC(=O)OC[C@H]1O[C@H](O[C@@H]2C=CC[C@H]3C=CC=C[C@@H]2C3=O)[C@H](OC(C)=O)[C@@H](OC(C)=O)[C@@H]1OC(C)=O.